The Kier molecular flexibility index (Phi) is 3.42. The monoisotopic (exact) mass is 233 g/mol. The minimum Gasteiger partial charge on any atom is -0.326 e. The van der Waals surface area contributed by atoms with Crippen LogP contribution in [0, 0.1) is 0 Å². The van der Waals surface area contributed by atoms with Gasteiger partial charge in [0.05, 0.1) is 5.88 Å². The van der Waals surface area contributed by atoms with Crippen LogP contribution in [0.15, 0.2) is 47.3 Å². The van der Waals surface area contributed by atoms with E-state index in [1.165, 1.54) is 5.56 Å². The van der Waals surface area contributed by atoms with Crippen LogP contribution in [0.4, 0.5) is 0 Å². The zero-order valence-corrected chi connectivity index (χ0v) is 9.50. The molecule has 0 bridgehead atoms. The van der Waals surface area contributed by atoms with Gasteiger partial charge in [-0.25, -0.2) is 0 Å². The zero-order chi connectivity index (χ0) is 11.4. The fraction of sp³-hybridized carbons (Fsp3) is 0.154. The average molecular weight is 234 g/mol. The highest BCUT2D eigenvalue weighted by atomic mass is 35.5. The summed E-state index contributed by atoms with van der Waals surface area (Å²) in [7, 11) is 0. The van der Waals surface area contributed by atoms with E-state index in [0.717, 1.165) is 12.1 Å². The molecule has 0 atom stereocenters. The van der Waals surface area contributed by atoms with Gasteiger partial charge in [-0.05, 0) is 11.6 Å². The maximum absolute atomic E-state index is 11.5. The lowest BCUT2D eigenvalue weighted by Crippen LogP contribution is -2.13. The van der Waals surface area contributed by atoms with Gasteiger partial charge in [-0.2, -0.15) is 0 Å². The molecule has 1 heterocycles. The van der Waals surface area contributed by atoms with Crippen molar-refractivity contribution in [1.29, 1.82) is 0 Å². The second-order valence-electron chi connectivity index (χ2n) is 3.63. The number of alkyl halides is 1. The fourth-order valence-electron chi connectivity index (χ4n) is 1.57. The van der Waals surface area contributed by atoms with Crippen molar-refractivity contribution in [3.05, 3.63) is 69.6 Å². The summed E-state index contributed by atoms with van der Waals surface area (Å²) in [5, 5.41) is 0. The van der Waals surface area contributed by atoms with E-state index in [1.54, 1.807) is 6.07 Å². The van der Waals surface area contributed by atoms with E-state index in [1.807, 2.05) is 36.4 Å². The first-order valence-corrected chi connectivity index (χ1v) is 5.64. The predicted octanol–water partition coefficient (Wildman–Crippen LogP) is 2.70. The van der Waals surface area contributed by atoms with E-state index in [4.69, 9.17) is 11.6 Å². The molecule has 0 saturated carbocycles. The summed E-state index contributed by atoms with van der Waals surface area (Å²) in [5.41, 5.74) is 2.60. The highest BCUT2D eigenvalue weighted by molar-refractivity contribution is 6.17. The Morgan fingerprint density at radius 2 is 1.81 bits per heavy atom. The fourth-order valence-corrected chi connectivity index (χ4v) is 1.78. The third-order valence-electron chi connectivity index (χ3n) is 2.43. The molecule has 1 aromatic heterocycles. The number of aromatic nitrogens is 1. The summed E-state index contributed by atoms with van der Waals surface area (Å²) in [4.78, 5) is 14.4. The van der Waals surface area contributed by atoms with Gasteiger partial charge in [0.2, 0.25) is 0 Å². The molecule has 16 heavy (non-hydrogen) atoms. The van der Waals surface area contributed by atoms with Gasteiger partial charge < -0.3 is 4.98 Å². The van der Waals surface area contributed by atoms with Crippen LogP contribution < -0.4 is 5.56 Å². The van der Waals surface area contributed by atoms with E-state index >= 15 is 0 Å². The van der Waals surface area contributed by atoms with Gasteiger partial charge in [0, 0.05) is 17.7 Å². The normalized spacial score (nSPS) is 10.3. The molecule has 3 heteroatoms. The van der Waals surface area contributed by atoms with Gasteiger partial charge in [-0.3, -0.25) is 4.79 Å². The summed E-state index contributed by atoms with van der Waals surface area (Å²) >= 11 is 5.62. The van der Waals surface area contributed by atoms with E-state index in [-0.39, 0.29) is 11.4 Å². The van der Waals surface area contributed by atoms with Crippen molar-refractivity contribution in [1.82, 2.24) is 4.98 Å². The molecule has 0 radical (unpaired) electrons. The van der Waals surface area contributed by atoms with Gasteiger partial charge in [-0.1, -0.05) is 36.4 Å². The lowest BCUT2D eigenvalue weighted by molar-refractivity contribution is 1.02. The number of halogens is 1. The van der Waals surface area contributed by atoms with Crippen molar-refractivity contribution in [3.8, 4) is 0 Å². The van der Waals surface area contributed by atoms with Gasteiger partial charge in [0.15, 0.2) is 0 Å². The number of nitrogens with one attached hydrogen (secondary N) is 1. The van der Waals surface area contributed by atoms with Crippen LogP contribution in [0.5, 0.6) is 0 Å². The molecule has 2 nitrogen and oxygen atoms in total. The number of pyridine rings is 1. The van der Waals surface area contributed by atoms with E-state index < -0.39 is 0 Å². The van der Waals surface area contributed by atoms with Crippen molar-refractivity contribution in [2.75, 3.05) is 0 Å². The maximum Gasteiger partial charge on any atom is 0.252 e. The van der Waals surface area contributed by atoms with Crippen molar-refractivity contribution < 1.29 is 0 Å². The summed E-state index contributed by atoms with van der Waals surface area (Å²) in [6.45, 7) is 0. The highest BCUT2D eigenvalue weighted by Gasteiger charge is 2.00. The largest absolute Gasteiger partial charge is 0.326 e. The van der Waals surface area contributed by atoms with Crippen LogP contribution in [0.25, 0.3) is 0 Å². The molecular weight excluding hydrogens is 222 g/mol. The molecule has 1 aromatic carbocycles. The van der Waals surface area contributed by atoms with Crippen LogP contribution in [0.2, 0.25) is 0 Å². The third-order valence-corrected chi connectivity index (χ3v) is 2.72. The molecule has 0 unspecified atom stereocenters. The van der Waals surface area contributed by atoms with Gasteiger partial charge in [0.25, 0.3) is 5.56 Å². The lowest BCUT2D eigenvalue weighted by atomic mass is 10.1. The summed E-state index contributed by atoms with van der Waals surface area (Å²) in [6.07, 6.45) is 0.735. The van der Waals surface area contributed by atoms with Gasteiger partial charge >= 0.3 is 0 Å². The highest BCUT2D eigenvalue weighted by Crippen LogP contribution is 2.06. The summed E-state index contributed by atoms with van der Waals surface area (Å²) in [5.74, 6) is 0.251. The van der Waals surface area contributed by atoms with Crippen LogP contribution >= 0.6 is 11.6 Å². The first-order chi connectivity index (χ1) is 7.79. The van der Waals surface area contributed by atoms with Crippen LogP contribution in [-0.4, -0.2) is 4.98 Å². The zero-order valence-electron chi connectivity index (χ0n) is 8.74. The van der Waals surface area contributed by atoms with Crippen molar-refractivity contribution >= 4 is 11.6 Å². The Morgan fingerprint density at radius 1 is 1.06 bits per heavy atom. The second kappa shape index (κ2) is 4.99. The van der Waals surface area contributed by atoms with Gasteiger partial charge in [-0.15, -0.1) is 11.6 Å². The number of aromatic amines is 1. The Labute approximate surface area is 98.9 Å². The first-order valence-electron chi connectivity index (χ1n) is 5.10. The Balaban J connectivity index is 2.23. The third kappa shape index (κ3) is 2.52. The SMILES string of the molecule is O=c1[nH]c(Cc2ccccc2)ccc1CCl. The molecule has 0 fully saturated rings. The maximum atomic E-state index is 11.5. The molecule has 0 aliphatic rings. The topological polar surface area (TPSA) is 32.9 Å². The Morgan fingerprint density at radius 3 is 2.44 bits per heavy atom. The van der Waals surface area contributed by atoms with E-state index in [9.17, 15) is 4.79 Å². The van der Waals surface area contributed by atoms with Crippen LogP contribution in [0.3, 0.4) is 0 Å². The predicted molar refractivity (Wildman–Crippen MR) is 65.9 cm³/mol. The average Bonchev–Trinajstić information content (AvgIpc) is 2.31. The van der Waals surface area contributed by atoms with Crippen LogP contribution in [0.1, 0.15) is 16.8 Å². The number of hydrogen-bond donors (Lipinski definition) is 1. The number of rotatable bonds is 3. The van der Waals surface area contributed by atoms with Crippen molar-refractivity contribution in [2.45, 2.75) is 12.3 Å². The number of benzene rings is 1. The van der Waals surface area contributed by atoms with E-state index in [2.05, 4.69) is 4.98 Å². The molecule has 1 N–H and O–H groups in total. The minimum atomic E-state index is -0.0940. The number of H-pyrrole nitrogens is 1. The quantitative estimate of drug-likeness (QED) is 0.813. The molecular formula is C13H12ClNO. The Bertz CT molecular complexity index is 519. The summed E-state index contributed by atoms with van der Waals surface area (Å²) in [6, 6.07) is 13.7. The summed E-state index contributed by atoms with van der Waals surface area (Å²) < 4.78 is 0. The van der Waals surface area contributed by atoms with E-state index in [0.29, 0.717) is 5.56 Å². The molecule has 0 spiro atoms. The Hall–Kier alpha value is -1.54. The van der Waals surface area contributed by atoms with Crippen LogP contribution in [-0.2, 0) is 12.3 Å². The standard InChI is InChI=1S/C13H12ClNO/c14-9-11-6-7-12(15-13(11)16)8-10-4-2-1-3-5-10/h1-7H,8-9H2,(H,15,16). The second-order valence-corrected chi connectivity index (χ2v) is 3.90. The molecule has 82 valence electrons. The molecule has 0 amide bonds. The lowest BCUT2D eigenvalue weighted by Gasteiger charge is -2.02. The molecule has 2 aromatic rings. The van der Waals surface area contributed by atoms with Crippen molar-refractivity contribution in [3.63, 3.8) is 0 Å². The molecule has 0 saturated heterocycles. The first kappa shape index (κ1) is 11.0. The van der Waals surface area contributed by atoms with Gasteiger partial charge in [0.1, 0.15) is 0 Å². The van der Waals surface area contributed by atoms with Crippen molar-refractivity contribution in [2.24, 2.45) is 0 Å². The molecule has 0 aliphatic heterocycles. The molecule has 0 aliphatic carbocycles. The number of hydrogen-bond acceptors (Lipinski definition) is 1. The minimum absolute atomic E-state index is 0.0940. The smallest absolute Gasteiger partial charge is 0.252 e. The molecule has 2 rings (SSSR count).